The first-order valence-electron chi connectivity index (χ1n) is 12.0. The van der Waals surface area contributed by atoms with Crippen molar-refractivity contribution in [2.24, 2.45) is 0 Å². The highest BCUT2D eigenvalue weighted by Crippen LogP contribution is 2.40. The van der Waals surface area contributed by atoms with E-state index in [4.69, 9.17) is 24.2 Å². The van der Waals surface area contributed by atoms with Crippen LogP contribution in [0.1, 0.15) is 6.92 Å². The van der Waals surface area contributed by atoms with Gasteiger partial charge in [0.2, 0.25) is 17.6 Å². The van der Waals surface area contributed by atoms with Crippen molar-refractivity contribution in [2.75, 3.05) is 37.3 Å². The number of hydrogen-bond acceptors (Lipinski definition) is 9. The zero-order chi connectivity index (χ0) is 27.4. The summed E-state index contributed by atoms with van der Waals surface area (Å²) >= 11 is 0. The summed E-state index contributed by atoms with van der Waals surface area (Å²) in [5, 5.41) is 9.35. The number of amides is 1. The average Bonchev–Trinajstić information content (AvgIpc) is 3.38. The molecule has 0 fully saturated rings. The van der Waals surface area contributed by atoms with Gasteiger partial charge in [-0.15, -0.1) is 0 Å². The molecule has 2 heterocycles. The number of ether oxygens (including phenoxy) is 3. The van der Waals surface area contributed by atoms with E-state index < -0.39 is 0 Å². The van der Waals surface area contributed by atoms with Crippen LogP contribution in [0.25, 0.3) is 16.9 Å². The molecule has 2 aromatic heterocycles. The van der Waals surface area contributed by atoms with Crippen LogP contribution < -0.4 is 30.2 Å². The Hall–Kier alpha value is -5.32. The van der Waals surface area contributed by atoms with E-state index >= 15 is 0 Å². The molecule has 11 nitrogen and oxygen atoms in total. The number of carbonyl (C=O) groups excluding carboxylic acids is 1. The molecule has 0 atom stereocenters. The third-order valence-electron chi connectivity index (χ3n) is 5.82. The van der Waals surface area contributed by atoms with Gasteiger partial charge in [0, 0.05) is 41.8 Å². The first kappa shape index (κ1) is 25.3. The summed E-state index contributed by atoms with van der Waals surface area (Å²) in [7, 11) is 4.67. The monoisotopic (exact) mass is 525 g/mol. The van der Waals surface area contributed by atoms with Crippen LogP contribution in [0.4, 0.5) is 28.8 Å². The van der Waals surface area contributed by atoms with Gasteiger partial charge in [0.15, 0.2) is 28.5 Å². The molecular weight excluding hydrogens is 498 g/mol. The van der Waals surface area contributed by atoms with E-state index in [0.717, 1.165) is 11.4 Å². The molecule has 5 aromatic rings. The molecule has 5 rings (SSSR count). The molecule has 198 valence electrons. The van der Waals surface area contributed by atoms with Gasteiger partial charge in [-0.05, 0) is 36.4 Å². The molecule has 3 aromatic carbocycles. The van der Waals surface area contributed by atoms with Crippen molar-refractivity contribution < 1.29 is 19.0 Å². The highest BCUT2D eigenvalue weighted by molar-refractivity contribution is 5.90. The van der Waals surface area contributed by atoms with Crippen LogP contribution in [0.2, 0.25) is 0 Å². The summed E-state index contributed by atoms with van der Waals surface area (Å²) < 4.78 is 18.3. The van der Waals surface area contributed by atoms with E-state index in [0.29, 0.717) is 51.6 Å². The molecule has 0 unspecified atom stereocenters. The topological polar surface area (TPSA) is 124 Å². The molecule has 39 heavy (non-hydrogen) atoms. The number of methoxy groups -OCH3 is 3. The molecule has 0 radical (unpaired) electrons. The zero-order valence-electron chi connectivity index (χ0n) is 21.9. The van der Waals surface area contributed by atoms with Crippen molar-refractivity contribution >= 4 is 45.9 Å². The number of nitrogens with zero attached hydrogens (tertiary/aromatic N) is 4. The zero-order valence-corrected chi connectivity index (χ0v) is 21.9. The summed E-state index contributed by atoms with van der Waals surface area (Å²) in [5.41, 5.74) is 4.18. The lowest BCUT2D eigenvalue weighted by Gasteiger charge is -2.15. The number of fused-ring (bicyclic) bond motifs is 1. The number of carbonyl (C=O) groups is 1. The first-order valence-corrected chi connectivity index (χ1v) is 12.0. The van der Waals surface area contributed by atoms with Crippen LogP contribution in [-0.2, 0) is 4.79 Å². The maximum Gasteiger partial charge on any atom is 0.231 e. The van der Waals surface area contributed by atoms with Crippen LogP contribution in [0, 0.1) is 0 Å². The van der Waals surface area contributed by atoms with Gasteiger partial charge in [-0.25, -0.2) is 4.98 Å². The second kappa shape index (κ2) is 11.0. The van der Waals surface area contributed by atoms with Crippen molar-refractivity contribution in [1.29, 1.82) is 0 Å². The van der Waals surface area contributed by atoms with E-state index in [1.807, 2.05) is 47.0 Å². The average molecular weight is 526 g/mol. The second-order valence-electron chi connectivity index (χ2n) is 8.44. The van der Waals surface area contributed by atoms with E-state index in [1.165, 1.54) is 6.92 Å². The third-order valence-corrected chi connectivity index (χ3v) is 5.82. The highest BCUT2D eigenvalue weighted by Gasteiger charge is 2.17. The van der Waals surface area contributed by atoms with Crippen molar-refractivity contribution in [3.8, 4) is 22.9 Å². The van der Waals surface area contributed by atoms with Crippen LogP contribution in [0.3, 0.4) is 0 Å². The quantitative estimate of drug-likeness (QED) is 0.235. The molecule has 0 bridgehead atoms. The second-order valence-corrected chi connectivity index (χ2v) is 8.44. The van der Waals surface area contributed by atoms with Crippen molar-refractivity contribution in [3.63, 3.8) is 0 Å². The Morgan fingerprint density at radius 3 is 2.08 bits per heavy atom. The maximum absolute atomic E-state index is 11.4. The lowest BCUT2D eigenvalue weighted by molar-refractivity contribution is -0.114. The fourth-order valence-electron chi connectivity index (χ4n) is 4.08. The standard InChI is InChI=1S/C28H27N7O4/c1-17(36)30-18-10-12-19(13-11-18)31-26-24-27(35(16-29-24)21-8-6-5-7-9-21)34-28(33-26)32-20-14-22(37-2)25(39-4)23(15-20)38-3/h5-16H,1-4H3,(H,30,36)(H2,31,32,33,34). The molecule has 3 N–H and O–H groups in total. The maximum atomic E-state index is 11.4. The molecule has 11 heteroatoms. The SMILES string of the molecule is COc1cc(Nc2nc(Nc3ccc(NC(C)=O)cc3)c3ncn(-c4ccccc4)c3n2)cc(OC)c1OC. The number of benzene rings is 3. The van der Waals surface area contributed by atoms with Crippen LogP contribution in [0.15, 0.2) is 73.1 Å². The van der Waals surface area contributed by atoms with Crippen LogP contribution in [-0.4, -0.2) is 46.8 Å². The van der Waals surface area contributed by atoms with Gasteiger partial charge in [-0.2, -0.15) is 9.97 Å². The molecule has 0 spiro atoms. The number of para-hydroxylation sites is 1. The van der Waals surface area contributed by atoms with Crippen molar-refractivity contribution in [2.45, 2.75) is 6.92 Å². The van der Waals surface area contributed by atoms with Gasteiger partial charge >= 0.3 is 0 Å². The summed E-state index contributed by atoms with van der Waals surface area (Å²) in [5.74, 6) is 2.15. The van der Waals surface area contributed by atoms with Gasteiger partial charge in [-0.3, -0.25) is 9.36 Å². The number of nitrogens with one attached hydrogen (secondary N) is 3. The van der Waals surface area contributed by atoms with Gasteiger partial charge in [0.1, 0.15) is 6.33 Å². The fourth-order valence-corrected chi connectivity index (χ4v) is 4.08. The lowest BCUT2D eigenvalue weighted by atomic mass is 10.2. The predicted octanol–water partition coefficient (Wildman–Crippen LogP) is 5.29. The van der Waals surface area contributed by atoms with Crippen LogP contribution in [0.5, 0.6) is 17.2 Å². The van der Waals surface area contributed by atoms with Gasteiger partial charge in [0.25, 0.3) is 0 Å². The Morgan fingerprint density at radius 1 is 0.795 bits per heavy atom. The summed E-state index contributed by atoms with van der Waals surface area (Å²) in [6.45, 7) is 1.47. The predicted molar refractivity (Wildman–Crippen MR) is 150 cm³/mol. The molecule has 0 aliphatic heterocycles. The van der Waals surface area contributed by atoms with Crippen LogP contribution >= 0.6 is 0 Å². The molecule has 0 aliphatic carbocycles. The first-order chi connectivity index (χ1) is 19.0. The molecule has 0 saturated heterocycles. The third kappa shape index (κ3) is 5.37. The molecule has 0 aliphatic rings. The number of imidazole rings is 1. The summed E-state index contributed by atoms with van der Waals surface area (Å²) in [6.07, 6.45) is 1.71. The Bertz CT molecular complexity index is 1590. The number of anilines is 5. The smallest absolute Gasteiger partial charge is 0.231 e. The fraction of sp³-hybridized carbons (Fsp3) is 0.143. The molecular formula is C28H27N7O4. The van der Waals surface area contributed by atoms with Gasteiger partial charge in [0.05, 0.1) is 21.3 Å². The minimum absolute atomic E-state index is 0.137. The van der Waals surface area contributed by atoms with E-state index in [2.05, 4.69) is 20.9 Å². The highest BCUT2D eigenvalue weighted by atomic mass is 16.5. The Morgan fingerprint density at radius 2 is 1.46 bits per heavy atom. The van der Waals surface area contributed by atoms with Crippen molar-refractivity contribution in [1.82, 2.24) is 19.5 Å². The van der Waals surface area contributed by atoms with E-state index in [1.54, 1.807) is 51.9 Å². The Labute approximate surface area is 224 Å². The minimum atomic E-state index is -0.137. The summed E-state index contributed by atoms with van der Waals surface area (Å²) in [6, 6.07) is 20.7. The minimum Gasteiger partial charge on any atom is -0.493 e. The van der Waals surface area contributed by atoms with Gasteiger partial charge in [-0.1, -0.05) is 18.2 Å². The number of rotatable bonds is 9. The number of aromatic nitrogens is 4. The summed E-state index contributed by atoms with van der Waals surface area (Å²) in [4.78, 5) is 25.5. The largest absolute Gasteiger partial charge is 0.493 e. The molecule has 0 saturated carbocycles. The number of hydrogen-bond donors (Lipinski definition) is 3. The lowest BCUT2D eigenvalue weighted by Crippen LogP contribution is -2.06. The normalized spacial score (nSPS) is 10.7. The van der Waals surface area contributed by atoms with Crippen molar-refractivity contribution in [3.05, 3.63) is 73.1 Å². The van der Waals surface area contributed by atoms with E-state index in [9.17, 15) is 4.79 Å². The van der Waals surface area contributed by atoms with E-state index in [-0.39, 0.29) is 5.91 Å². The Kier molecular flexibility index (Phi) is 7.13. The van der Waals surface area contributed by atoms with Gasteiger partial charge < -0.3 is 30.2 Å². The molecule has 1 amide bonds. The Balaban J connectivity index is 1.58.